The van der Waals surface area contributed by atoms with E-state index in [-0.39, 0.29) is 5.54 Å². The molecule has 0 fully saturated rings. The average molecular weight is 288 g/mol. The minimum Gasteiger partial charge on any atom is -0.315 e. The minimum absolute atomic E-state index is 0.105. The molecule has 0 heterocycles. The van der Waals surface area contributed by atoms with Gasteiger partial charge in [-0.2, -0.15) is 0 Å². The smallest absolute Gasteiger partial charge is 0.0481 e. The van der Waals surface area contributed by atoms with Crippen molar-refractivity contribution in [2.45, 2.75) is 46.2 Å². The Balaban J connectivity index is 2.96. The summed E-state index contributed by atoms with van der Waals surface area (Å²) in [5.41, 5.74) is 1.47. The van der Waals surface area contributed by atoms with Gasteiger partial charge in [-0.15, -0.1) is 6.58 Å². The zero-order valence-corrected chi connectivity index (χ0v) is 14.4. The first-order valence-electron chi connectivity index (χ1n) is 7.99. The lowest BCUT2D eigenvalue weighted by atomic mass is 9.97. The molecule has 0 aliphatic carbocycles. The van der Waals surface area contributed by atoms with E-state index >= 15 is 0 Å². The third-order valence-corrected chi connectivity index (χ3v) is 3.64. The van der Waals surface area contributed by atoms with Crippen molar-refractivity contribution in [3.8, 4) is 0 Å². The van der Waals surface area contributed by atoms with Crippen LogP contribution >= 0.6 is 0 Å². The highest BCUT2D eigenvalue weighted by atomic mass is 15.2. The van der Waals surface area contributed by atoms with E-state index < -0.39 is 0 Å². The Bertz CT molecular complexity index is 403. The van der Waals surface area contributed by atoms with Gasteiger partial charge in [-0.3, -0.25) is 4.90 Å². The first-order chi connectivity index (χ1) is 9.86. The molecule has 0 aromatic heterocycles. The molecule has 0 aliphatic rings. The van der Waals surface area contributed by atoms with Gasteiger partial charge in [0.2, 0.25) is 0 Å². The third kappa shape index (κ3) is 6.03. The average Bonchev–Trinajstić information content (AvgIpc) is 2.41. The molecule has 118 valence electrons. The molecule has 0 bridgehead atoms. The van der Waals surface area contributed by atoms with E-state index in [4.69, 9.17) is 0 Å². The lowest BCUT2D eigenvalue weighted by Crippen LogP contribution is -2.47. The monoisotopic (exact) mass is 288 g/mol. The van der Waals surface area contributed by atoms with E-state index in [0.717, 1.165) is 19.6 Å². The summed E-state index contributed by atoms with van der Waals surface area (Å²) in [6.07, 6.45) is 2.00. The molecule has 1 aromatic rings. The summed E-state index contributed by atoms with van der Waals surface area (Å²) in [5, 5.41) is 3.62. The van der Waals surface area contributed by atoms with Crippen LogP contribution in [0, 0.1) is 5.92 Å². The van der Waals surface area contributed by atoms with Gasteiger partial charge < -0.3 is 5.32 Å². The van der Waals surface area contributed by atoms with Gasteiger partial charge in [0.15, 0.2) is 0 Å². The second-order valence-corrected chi connectivity index (χ2v) is 7.09. The fourth-order valence-corrected chi connectivity index (χ4v) is 2.60. The molecule has 21 heavy (non-hydrogen) atoms. The molecule has 0 spiro atoms. The topological polar surface area (TPSA) is 15.3 Å². The van der Waals surface area contributed by atoms with Crippen LogP contribution in [-0.2, 0) is 0 Å². The van der Waals surface area contributed by atoms with Crippen molar-refractivity contribution in [2.24, 2.45) is 5.92 Å². The van der Waals surface area contributed by atoms with Crippen LogP contribution in [0.15, 0.2) is 43.0 Å². The number of benzene rings is 1. The first kappa shape index (κ1) is 17.9. The maximum absolute atomic E-state index is 3.94. The maximum atomic E-state index is 3.94. The Morgan fingerprint density at radius 2 is 1.76 bits per heavy atom. The quantitative estimate of drug-likeness (QED) is 0.719. The minimum atomic E-state index is 0.105. The van der Waals surface area contributed by atoms with E-state index in [9.17, 15) is 0 Å². The van der Waals surface area contributed by atoms with Crippen molar-refractivity contribution < 1.29 is 0 Å². The van der Waals surface area contributed by atoms with Crippen molar-refractivity contribution in [1.29, 1.82) is 0 Å². The van der Waals surface area contributed by atoms with Crippen LogP contribution in [0.5, 0.6) is 0 Å². The summed E-state index contributed by atoms with van der Waals surface area (Å²) in [5.74, 6) is 0.670. The number of rotatable bonds is 8. The molecular formula is C19H32N2. The molecule has 0 saturated heterocycles. The fourth-order valence-electron chi connectivity index (χ4n) is 2.60. The normalized spacial score (nSPS) is 13.7. The Morgan fingerprint density at radius 3 is 2.24 bits per heavy atom. The molecule has 1 rings (SSSR count). The molecule has 0 aliphatic heterocycles. The predicted octanol–water partition coefficient (Wildman–Crippen LogP) is 4.26. The Labute approximate surface area is 131 Å². The summed E-state index contributed by atoms with van der Waals surface area (Å²) in [7, 11) is 0. The van der Waals surface area contributed by atoms with Crippen molar-refractivity contribution >= 4 is 0 Å². The molecule has 1 N–H and O–H groups in total. The molecular weight excluding hydrogens is 256 g/mol. The number of nitrogens with zero attached hydrogens (tertiary/aromatic N) is 1. The molecule has 1 unspecified atom stereocenters. The van der Waals surface area contributed by atoms with Crippen LogP contribution < -0.4 is 5.32 Å². The zero-order chi connectivity index (χ0) is 15.9. The van der Waals surface area contributed by atoms with Crippen molar-refractivity contribution in [1.82, 2.24) is 10.2 Å². The Morgan fingerprint density at radius 1 is 1.14 bits per heavy atom. The van der Waals surface area contributed by atoms with Gasteiger partial charge in [-0.1, -0.05) is 50.3 Å². The maximum Gasteiger partial charge on any atom is 0.0481 e. The molecule has 2 heteroatoms. The highest BCUT2D eigenvalue weighted by Gasteiger charge is 2.28. The van der Waals surface area contributed by atoms with Crippen LogP contribution in [0.1, 0.15) is 46.2 Å². The zero-order valence-electron chi connectivity index (χ0n) is 14.4. The lowest BCUT2D eigenvalue weighted by Gasteiger charge is -2.41. The highest BCUT2D eigenvalue weighted by Crippen LogP contribution is 2.27. The molecule has 0 amide bonds. The summed E-state index contributed by atoms with van der Waals surface area (Å²) < 4.78 is 0. The van der Waals surface area contributed by atoms with Crippen LogP contribution in [0.25, 0.3) is 0 Å². The summed E-state index contributed by atoms with van der Waals surface area (Å²) in [6, 6.07) is 11.1. The summed E-state index contributed by atoms with van der Waals surface area (Å²) in [6.45, 7) is 18.2. The molecule has 1 aromatic carbocycles. The van der Waals surface area contributed by atoms with Gasteiger partial charge in [-0.25, -0.2) is 0 Å². The summed E-state index contributed by atoms with van der Waals surface area (Å²) >= 11 is 0. The van der Waals surface area contributed by atoms with Crippen LogP contribution in [0.4, 0.5) is 0 Å². The van der Waals surface area contributed by atoms with Crippen LogP contribution in [0.3, 0.4) is 0 Å². The summed E-state index contributed by atoms with van der Waals surface area (Å²) in [4.78, 5) is 2.52. The van der Waals surface area contributed by atoms with Gasteiger partial charge in [0.25, 0.3) is 0 Å². The van der Waals surface area contributed by atoms with E-state index in [0.29, 0.717) is 12.0 Å². The fraction of sp³-hybridized carbons (Fsp3) is 0.579. The van der Waals surface area contributed by atoms with E-state index in [1.165, 1.54) is 5.56 Å². The highest BCUT2D eigenvalue weighted by molar-refractivity contribution is 5.20. The van der Waals surface area contributed by atoms with E-state index in [2.05, 4.69) is 81.7 Å². The lowest BCUT2D eigenvalue weighted by molar-refractivity contribution is 0.0947. The predicted molar refractivity (Wildman–Crippen MR) is 93.5 cm³/mol. The second-order valence-electron chi connectivity index (χ2n) is 7.09. The van der Waals surface area contributed by atoms with Gasteiger partial charge >= 0.3 is 0 Å². The molecule has 0 saturated carbocycles. The largest absolute Gasteiger partial charge is 0.315 e. The van der Waals surface area contributed by atoms with E-state index in [1.54, 1.807) is 0 Å². The van der Waals surface area contributed by atoms with Gasteiger partial charge in [0.05, 0.1) is 0 Å². The van der Waals surface area contributed by atoms with Gasteiger partial charge in [0, 0.05) is 24.7 Å². The Hall–Kier alpha value is -1.12. The van der Waals surface area contributed by atoms with Crippen molar-refractivity contribution in [3.05, 3.63) is 48.6 Å². The molecule has 2 nitrogen and oxygen atoms in total. The second kappa shape index (κ2) is 8.35. The third-order valence-electron chi connectivity index (χ3n) is 3.64. The van der Waals surface area contributed by atoms with Gasteiger partial charge in [-0.05, 0) is 38.8 Å². The van der Waals surface area contributed by atoms with E-state index in [1.807, 2.05) is 6.08 Å². The molecule has 0 radical (unpaired) electrons. The van der Waals surface area contributed by atoms with Gasteiger partial charge in [0.1, 0.15) is 0 Å². The van der Waals surface area contributed by atoms with Crippen molar-refractivity contribution in [2.75, 3.05) is 19.6 Å². The number of hydrogen-bond donors (Lipinski definition) is 1. The SMILES string of the molecule is C=CCN(C(CNCC(C)C)c1ccccc1)C(C)(C)C. The Kier molecular flexibility index (Phi) is 7.13. The standard InChI is InChI=1S/C19H32N2/c1-7-13-21(19(4,5)6)18(15-20-14-16(2)3)17-11-9-8-10-12-17/h7-12,16,18,20H,1,13-15H2,2-6H3. The van der Waals surface area contributed by atoms with Crippen LogP contribution in [0.2, 0.25) is 0 Å². The molecule has 1 atom stereocenters. The van der Waals surface area contributed by atoms with Crippen molar-refractivity contribution in [3.63, 3.8) is 0 Å². The van der Waals surface area contributed by atoms with Crippen LogP contribution in [-0.4, -0.2) is 30.1 Å². The number of nitrogens with one attached hydrogen (secondary N) is 1. The number of hydrogen-bond acceptors (Lipinski definition) is 2. The first-order valence-corrected chi connectivity index (χ1v) is 7.99.